The minimum atomic E-state index is -0.945. The number of carboxylic acid groups (broad SMARTS) is 1. The first-order valence-corrected chi connectivity index (χ1v) is 7.06. The lowest BCUT2D eigenvalue weighted by Crippen LogP contribution is -2.31. The lowest BCUT2D eigenvalue weighted by molar-refractivity contribution is -0.138. The molecule has 3 N–H and O–H groups in total. The van der Waals surface area contributed by atoms with Crippen molar-refractivity contribution in [1.82, 2.24) is 0 Å². The first kappa shape index (κ1) is 13.8. The van der Waals surface area contributed by atoms with Crippen LogP contribution in [0.2, 0.25) is 0 Å². The van der Waals surface area contributed by atoms with E-state index in [1.54, 1.807) is 11.3 Å². The van der Waals surface area contributed by atoms with Gasteiger partial charge in [0.25, 0.3) is 0 Å². The Hall–Kier alpha value is -1.65. The van der Waals surface area contributed by atoms with Crippen LogP contribution in [0.3, 0.4) is 0 Å². The first-order valence-electron chi connectivity index (χ1n) is 6.25. The molecule has 4 heteroatoms. The standard InChI is InChI=1S/C15H17NO2S/c16-14(15(17)18)10-13-9-8-12(19-13)7-6-11-4-2-1-3-5-11/h1-5,8-9,14H,6-7,10,16H2,(H,17,18). The summed E-state index contributed by atoms with van der Waals surface area (Å²) < 4.78 is 0. The number of hydrogen-bond acceptors (Lipinski definition) is 3. The topological polar surface area (TPSA) is 63.3 Å². The maximum atomic E-state index is 10.7. The van der Waals surface area contributed by atoms with E-state index in [0.717, 1.165) is 17.7 Å². The largest absolute Gasteiger partial charge is 0.480 e. The van der Waals surface area contributed by atoms with Crippen LogP contribution in [-0.2, 0) is 24.1 Å². The predicted octanol–water partition coefficient (Wildman–Crippen LogP) is 2.49. The second kappa shape index (κ2) is 6.50. The van der Waals surface area contributed by atoms with E-state index in [-0.39, 0.29) is 0 Å². The Balaban J connectivity index is 1.89. The molecule has 1 unspecified atom stereocenters. The summed E-state index contributed by atoms with van der Waals surface area (Å²) in [7, 11) is 0. The maximum absolute atomic E-state index is 10.7. The molecule has 0 saturated heterocycles. The molecule has 1 atom stereocenters. The Morgan fingerprint density at radius 1 is 1.11 bits per heavy atom. The van der Waals surface area contributed by atoms with Gasteiger partial charge < -0.3 is 10.8 Å². The number of carbonyl (C=O) groups is 1. The van der Waals surface area contributed by atoms with Crippen molar-refractivity contribution in [2.24, 2.45) is 5.73 Å². The fourth-order valence-electron chi connectivity index (χ4n) is 1.88. The normalized spacial score (nSPS) is 12.3. The number of thiophene rings is 1. The van der Waals surface area contributed by atoms with Crippen LogP contribution < -0.4 is 5.73 Å². The highest BCUT2D eigenvalue weighted by molar-refractivity contribution is 7.12. The highest BCUT2D eigenvalue weighted by Gasteiger charge is 2.13. The zero-order valence-electron chi connectivity index (χ0n) is 10.6. The molecule has 3 nitrogen and oxygen atoms in total. The summed E-state index contributed by atoms with van der Waals surface area (Å²) in [5.74, 6) is -0.945. The van der Waals surface area contributed by atoms with Crippen molar-refractivity contribution in [2.75, 3.05) is 0 Å². The Bertz CT molecular complexity index is 536. The molecular formula is C15H17NO2S. The van der Waals surface area contributed by atoms with Crippen molar-refractivity contribution in [3.05, 3.63) is 57.8 Å². The van der Waals surface area contributed by atoms with E-state index in [0.29, 0.717) is 6.42 Å². The van der Waals surface area contributed by atoms with Gasteiger partial charge in [-0.15, -0.1) is 11.3 Å². The molecule has 1 aromatic carbocycles. The van der Waals surface area contributed by atoms with E-state index >= 15 is 0 Å². The third-order valence-corrected chi connectivity index (χ3v) is 4.13. The Morgan fingerprint density at radius 2 is 1.79 bits per heavy atom. The van der Waals surface area contributed by atoms with Gasteiger partial charge in [0.05, 0.1) is 0 Å². The van der Waals surface area contributed by atoms with Crippen molar-refractivity contribution >= 4 is 17.3 Å². The Kier molecular flexibility index (Phi) is 4.71. The molecule has 0 radical (unpaired) electrons. The van der Waals surface area contributed by atoms with Crippen LogP contribution in [-0.4, -0.2) is 17.1 Å². The van der Waals surface area contributed by atoms with Gasteiger partial charge in [-0.05, 0) is 30.5 Å². The fraction of sp³-hybridized carbons (Fsp3) is 0.267. The zero-order valence-corrected chi connectivity index (χ0v) is 11.4. The summed E-state index contributed by atoms with van der Waals surface area (Å²) in [5, 5.41) is 8.78. The molecule has 0 aliphatic heterocycles. The van der Waals surface area contributed by atoms with Crippen molar-refractivity contribution in [2.45, 2.75) is 25.3 Å². The van der Waals surface area contributed by atoms with Crippen LogP contribution in [0.15, 0.2) is 42.5 Å². The summed E-state index contributed by atoms with van der Waals surface area (Å²) in [6, 6.07) is 13.6. The van der Waals surface area contributed by atoms with Gasteiger partial charge in [-0.2, -0.15) is 0 Å². The zero-order chi connectivity index (χ0) is 13.7. The summed E-state index contributed by atoms with van der Waals surface area (Å²) in [4.78, 5) is 13.0. The molecule has 1 aromatic heterocycles. The molecule has 2 rings (SSSR count). The van der Waals surface area contributed by atoms with Crippen molar-refractivity contribution in [3.63, 3.8) is 0 Å². The van der Waals surface area contributed by atoms with E-state index in [1.807, 2.05) is 24.3 Å². The number of aryl methyl sites for hydroxylation is 2. The van der Waals surface area contributed by atoms with E-state index in [2.05, 4.69) is 18.2 Å². The molecule has 0 saturated carbocycles. The number of hydrogen-bond donors (Lipinski definition) is 2. The van der Waals surface area contributed by atoms with Crippen LogP contribution in [0, 0.1) is 0 Å². The van der Waals surface area contributed by atoms with Gasteiger partial charge in [0.15, 0.2) is 0 Å². The van der Waals surface area contributed by atoms with Gasteiger partial charge in [0, 0.05) is 16.2 Å². The molecule has 0 spiro atoms. The van der Waals surface area contributed by atoms with E-state index in [1.165, 1.54) is 10.4 Å². The Labute approximate surface area is 116 Å². The molecule has 1 heterocycles. The molecule has 100 valence electrons. The minimum Gasteiger partial charge on any atom is -0.480 e. The van der Waals surface area contributed by atoms with Crippen LogP contribution in [0.1, 0.15) is 15.3 Å². The molecule has 2 aromatic rings. The summed E-state index contributed by atoms with van der Waals surface area (Å²) in [6.07, 6.45) is 2.40. The second-order valence-electron chi connectivity index (χ2n) is 4.50. The van der Waals surface area contributed by atoms with Crippen LogP contribution in [0.5, 0.6) is 0 Å². The number of rotatable bonds is 6. The average molecular weight is 275 g/mol. The van der Waals surface area contributed by atoms with Crippen LogP contribution in [0.25, 0.3) is 0 Å². The summed E-state index contributed by atoms with van der Waals surface area (Å²) in [5.41, 5.74) is 6.85. The number of benzene rings is 1. The summed E-state index contributed by atoms with van der Waals surface area (Å²) in [6.45, 7) is 0. The monoisotopic (exact) mass is 275 g/mol. The lowest BCUT2D eigenvalue weighted by Gasteiger charge is -2.03. The predicted molar refractivity (Wildman–Crippen MR) is 77.5 cm³/mol. The molecule has 0 amide bonds. The maximum Gasteiger partial charge on any atom is 0.320 e. The van der Waals surface area contributed by atoms with Gasteiger partial charge in [-0.1, -0.05) is 30.3 Å². The summed E-state index contributed by atoms with van der Waals surface area (Å²) >= 11 is 1.65. The molecule has 0 bridgehead atoms. The Morgan fingerprint density at radius 3 is 2.47 bits per heavy atom. The van der Waals surface area contributed by atoms with E-state index in [4.69, 9.17) is 10.8 Å². The molecule has 19 heavy (non-hydrogen) atoms. The minimum absolute atomic E-state index is 0.408. The van der Waals surface area contributed by atoms with Gasteiger partial charge in [0.2, 0.25) is 0 Å². The number of nitrogens with two attached hydrogens (primary N) is 1. The van der Waals surface area contributed by atoms with Crippen LogP contribution in [0.4, 0.5) is 0 Å². The smallest absolute Gasteiger partial charge is 0.320 e. The number of aliphatic carboxylic acids is 1. The lowest BCUT2D eigenvalue weighted by atomic mass is 10.1. The van der Waals surface area contributed by atoms with Gasteiger partial charge in [0.1, 0.15) is 6.04 Å². The van der Waals surface area contributed by atoms with Crippen molar-refractivity contribution < 1.29 is 9.90 Å². The van der Waals surface area contributed by atoms with E-state index in [9.17, 15) is 4.79 Å². The van der Waals surface area contributed by atoms with Gasteiger partial charge >= 0.3 is 5.97 Å². The highest BCUT2D eigenvalue weighted by Crippen LogP contribution is 2.19. The first-order chi connectivity index (χ1) is 9.15. The second-order valence-corrected chi connectivity index (χ2v) is 5.76. The molecule has 0 aliphatic carbocycles. The van der Waals surface area contributed by atoms with Crippen molar-refractivity contribution in [3.8, 4) is 0 Å². The highest BCUT2D eigenvalue weighted by atomic mass is 32.1. The van der Waals surface area contributed by atoms with Gasteiger partial charge in [-0.25, -0.2) is 0 Å². The van der Waals surface area contributed by atoms with Crippen LogP contribution >= 0.6 is 11.3 Å². The average Bonchev–Trinajstić information content (AvgIpc) is 2.85. The quantitative estimate of drug-likeness (QED) is 0.851. The number of carboxylic acids is 1. The SMILES string of the molecule is NC(Cc1ccc(CCc2ccccc2)s1)C(=O)O. The van der Waals surface area contributed by atoms with Gasteiger partial charge in [-0.3, -0.25) is 4.79 Å². The third kappa shape index (κ3) is 4.19. The third-order valence-electron chi connectivity index (χ3n) is 2.96. The van der Waals surface area contributed by atoms with Crippen molar-refractivity contribution in [1.29, 1.82) is 0 Å². The molecular weight excluding hydrogens is 258 g/mol. The molecule has 0 aliphatic rings. The molecule has 0 fully saturated rings. The fourth-order valence-corrected chi connectivity index (χ4v) is 2.96. The van der Waals surface area contributed by atoms with E-state index < -0.39 is 12.0 Å².